The Morgan fingerprint density at radius 2 is 2.45 bits per heavy atom. The smallest absolute Gasteiger partial charge is 0.0433 e. The fourth-order valence-electron chi connectivity index (χ4n) is 1.01. The molecule has 2 rings (SSSR count). The van der Waals surface area contributed by atoms with E-state index in [2.05, 4.69) is 35.9 Å². The Labute approximate surface area is 74.6 Å². The second-order valence-corrected chi connectivity index (χ2v) is 4.00. The van der Waals surface area contributed by atoms with E-state index in [-0.39, 0.29) is 0 Å². The average molecular weight is 179 g/mol. The van der Waals surface area contributed by atoms with Crippen LogP contribution < -0.4 is 0 Å². The standard InChI is InChI=1S/C9H7S2/c1-10-8-5-7-3-2-4-11-9(7)6-8/h2-5H,1H3. The predicted molar refractivity (Wildman–Crippen MR) is 51.6 cm³/mol. The molecule has 1 radical (unpaired) electrons. The molecule has 2 heteroatoms. The monoisotopic (exact) mass is 179 g/mol. The van der Waals surface area contributed by atoms with Crippen LogP contribution in [0.15, 0.2) is 28.5 Å². The number of hydrogen-bond acceptors (Lipinski definition) is 2. The molecule has 0 spiro atoms. The van der Waals surface area contributed by atoms with Gasteiger partial charge in [-0.1, -0.05) is 12.1 Å². The van der Waals surface area contributed by atoms with E-state index >= 15 is 0 Å². The van der Waals surface area contributed by atoms with Gasteiger partial charge in [-0.15, -0.1) is 23.1 Å². The normalized spacial score (nSPS) is 10.6. The Balaban J connectivity index is 2.60. The maximum absolute atomic E-state index is 3.33. The van der Waals surface area contributed by atoms with Crippen LogP contribution in [-0.4, -0.2) is 6.26 Å². The summed E-state index contributed by atoms with van der Waals surface area (Å²) >= 11 is 3.49. The summed E-state index contributed by atoms with van der Waals surface area (Å²) in [6, 6.07) is 9.71. The van der Waals surface area contributed by atoms with E-state index in [0.717, 1.165) is 0 Å². The average Bonchev–Trinajstić information content (AvgIpc) is 2.46. The van der Waals surface area contributed by atoms with Gasteiger partial charge in [0.2, 0.25) is 0 Å². The molecule has 0 nitrogen and oxygen atoms in total. The van der Waals surface area contributed by atoms with Gasteiger partial charge in [0.1, 0.15) is 0 Å². The third-order valence-corrected chi connectivity index (χ3v) is 3.07. The van der Waals surface area contributed by atoms with Crippen molar-refractivity contribution >= 4 is 23.1 Å². The van der Waals surface area contributed by atoms with Gasteiger partial charge in [-0.05, 0) is 23.3 Å². The third kappa shape index (κ3) is 1.28. The lowest BCUT2D eigenvalue weighted by Crippen LogP contribution is -1.63. The summed E-state index contributed by atoms with van der Waals surface area (Å²) in [4.78, 5) is 2.50. The quantitative estimate of drug-likeness (QED) is 0.605. The van der Waals surface area contributed by atoms with Crippen LogP contribution in [0.4, 0.5) is 0 Å². The van der Waals surface area contributed by atoms with Crippen LogP contribution in [0.3, 0.4) is 0 Å². The van der Waals surface area contributed by atoms with Gasteiger partial charge in [0.15, 0.2) is 0 Å². The van der Waals surface area contributed by atoms with Crippen LogP contribution in [-0.2, 0) is 0 Å². The second-order valence-electron chi connectivity index (χ2n) is 2.24. The highest BCUT2D eigenvalue weighted by atomic mass is 32.2. The largest absolute Gasteiger partial charge is 0.143 e. The Morgan fingerprint density at radius 3 is 3.18 bits per heavy atom. The van der Waals surface area contributed by atoms with E-state index in [0.29, 0.717) is 0 Å². The van der Waals surface area contributed by atoms with Crippen molar-refractivity contribution in [3.8, 4) is 10.4 Å². The molecule has 55 valence electrons. The van der Waals surface area contributed by atoms with Crippen LogP contribution in [0.25, 0.3) is 10.4 Å². The molecule has 1 aliphatic carbocycles. The first kappa shape index (κ1) is 7.19. The fraction of sp³-hybridized carbons (Fsp3) is 0.111. The Hall–Kier alpha value is -0.470. The van der Waals surface area contributed by atoms with Crippen molar-refractivity contribution in [3.05, 3.63) is 29.6 Å². The van der Waals surface area contributed by atoms with E-state index in [1.165, 1.54) is 15.3 Å². The molecule has 0 aromatic rings. The molecule has 0 amide bonds. The highest BCUT2D eigenvalue weighted by Crippen LogP contribution is 2.32. The van der Waals surface area contributed by atoms with Gasteiger partial charge >= 0.3 is 0 Å². The molecule has 0 bridgehead atoms. The van der Waals surface area contributed by atoms with Crippen molar-refractivity contribution in [2.24, 2.45) is 0 Å². The molecule has 0 atom stereocenters. The summed E-state index contributed by atoms with van der Waals surface area (Å²) in [5.74, 6) is 0. The van der Waals surface area contributed by atoms with Crippen LogP contribution in [0.5, 0.6) is 0 Å². The van der Waals surface area contributed by atoms with Gasteiger partial charge in [0.25, 0.3) is 0 Å². The summed E-state index contributed by atoms with van der Waals surface area (Å²) in [6.45, 7) is 0. The van der Waals surface area contributed by atoms with Gasteiger partial charge in [0, 0.05) is 15.8 Å². The molecule has 0 unspecified atom stereocenters. The van der Waals surface area contributed by atoms with Crippen molar-refractivity contribution in [2.75, 3.05) is 6.26 Å². The van der Waals surface area contributed by atoms with Crippen molar-refractivity contribution < 1.29 is 0 Å². The van der Waals surface area contributed by atoms with Gasteiger partial charge in [-0.3, -0.25) is 0 Å². The zero-order valence-electron chi connectivity index (χ0n) is 6.13. The van der Waals surface area contributed by atoms with E-state index in [1.54, 1.807) is 23.1 Å². The third-order valence-electron chi connectivity index (χ3n) is 1.55. The zero-order valence-corrected chi connectivity index (χ0v) is 7.76. The van der Waals surface area contributed by atoms with Crippen LogP contribution in [0, 0.1) is 6.07 Å². The van der Waals surface area contributed by atoms with E-state index in [9.17, 15) is 0 Å². The van der Waals surface area contributed by atoms with Gasteiger partial charge in [-0.25, -0.2) is 0 Å². The first-order valence-electron chi connectivity index (χ1n) is 3.33. The minimum Gasteiger partial charge on any atom is -0.143 e. The molecule has 0 N–H and O–H groups in total. The number of fused-ring (bicyclic) bond motifs is 1. The van der Waals surface area contributed by atoms with Crippen molar-refractivity contribution in [3.63, 3.8) is 0 Å². The molecular weight excluding hydrogens is 172 g/mol. The fourth-order valence-corrected chi connectivity index (χ4v) is 2.25. The lowest BCUT2D eigenvalue weighted by atomic mass is 10.3. The Kier molecular flexibility index (Phi) is 1.88. The highest BCUT2D eigenvalue weighted by Gasteiger charge is 2.04. The molecule has 1 aliphatic heterocycles. The molecule has 11 heavy (non-hydrogen) atoms. The highest BCUT2D eigenvalue weighted by molar-refractivity contribution is 7.98. The second kappa shape index (κ2) is 2.88. The lowest BCUT2D eigenvalue weighted by Gasteiger charge is -1.90. The molecule has 0 saturated heterocycles. The van der Waals surface area contributed by atoms with Crippen LogP contribution in [0.1, 0.15) is 0 Å². The first-order valence-corrected chi connectivity index (χ1v) is 5.44. The van der Waals surface area contributed by atoms with Gasteiger partial charge < -0.3 is 0 Å². The Morgan fingerprint density at radius 1 is 1.55 bits per heavy atom. The van der Waals surface area contributed by atoms with Crippen molar-refractivity contribution in [1.29, 1.82) is 0 Å². The SMILES string of the molecule is CSc1[c]c2scccc-2c1. The molecule has 1 heterocycles. The van der Waals surface area contributed by atoms with Crippen molar-refractivity contribution in [1.82, 2.24) is 0 Å². The lowest BCUT2D eigenvalue weighted by molar-refractivity contribution is 1.58. The molecule has 0 aromatic heterocycles. The van der Waals surface area contributed by atoms with E-state index in [4.69, 9.17) is 0 Å². The zero-order chi connectivity index (χ0) is 7.68. The molecule has 0 fully saturated rings. The molecular formula is C9H7S2. The minimum atomic E-state index is 1.24. The molecule has 0 saturated carbocycles. The van der Waals surface area contributed by atoms with Crippen LogP contribution in [0.2, 0.25) is 0 Å². The minimum absolute atomic E-state index is 1.24. The summed E-state index contributed by atoms with van der Waals surface area (Å²) in [7, 11) is 0. The summed E-state index contributed by atoms with van der Waals surface area (Å²) in [6.07, 6.45) is 2.08. The maximum Gasteiger partial charge on any atom is 0.0433 e. The van der Waals surface area contributed by atoms with Gasteiger partial charge in [-0.2, -0.15) is 0 Å². The van der Waals surface area contributed by atoms with Crippen molar-refractivity contribution in [2.45, 2.75) is 4.90 Å². The Bertz CT molecular complexity index is 294. The number of thioether (sulfide) groups is 1. The number of rotatable bonds is 1. The predicted octanol–water partition coefficient (Wildman–Crippen LogP) is 3.37. The molecule has 2 aliphatic rings. The van der Waals surface area contributed by atoms with E-state index in [1.807, 2.05) is 0 Å². The summed E-state index contributed by atoms with van der Waals surface area (Å²) in [5, 5.41) is 2.09. The topological polar surface area (TPSA) is 0 Å². The summed E-state index contributed by atoms with van der Waals surface area (Å²) in [5.41, 5.74) is 1.31. The van der Waals surface area contributed by atoms with Gasteiger partial charge in [0.05, 0.1) is 0 Å². The van der Waals surface area contributed by atoms with Crippen LogP contribution >= 0.6 is 23.1 Å². The van der Waals surface area contributed by atoms with E-state index < -0.39 is 0 Å². The maximum atomic E-state index is 3.33. The first-order chi connectivity index (χ1) is 5.40. The molecule has 0 aromatic carbocycles. The number of hydrogen-bond donors (Lipinski definition) is 0. The summed E-state index contributed by atoms with van der Waals surface area (Å²) < 4.78 is 0.